The summed E-state index contributed by atoms with van der Waals surface area (Å²) in [5.74, 6) is -0.0751. The van der Waals surface area contributed by atoms with Gasteiger partial charge in [-0.05, 0) is 5.56 Å². The summed E-state index contributed by atoms with van der Waals surface area (Å²) in [6.45, 7) is 1.92. The van der Waals surface area contributed by atoms with Crippen LogP contribution in [-0.2, 0) is 18.4 Å². The van der Waals surface area contributed by atoms with Gasteiger partial charge in [-0.2, -0.15) is 0 Å². The van der Waals surface area contributed by atoms with Gasteiger partial charge < -0.3 is 9.88 Å². The van der Waals surface area contributed by atoms with Crippen LogP contribution in [0.3, 0.4) is 0 Å². The number of nitrogens with zero attached hydrogens (tertiary/aromatic N) is 1. The quantitative estimate of drug-likeness (QED) is 0.697. The first-order chi connectivity index (χ1) is 6.09. The Kier molecular flexibility index (Phi) is 2.84. The Morgan fingerprint density at radius 1 is 1.54 bits per heavy atom. The maximum atomic E-state index is 11.0. The molecule has 0 fully saturated rings. The summed E-state index contributed by atoms with van der Waals surface area (Å²) >= 11 is 0. The molecule has 4 nitrogen and oxygen atoms in total. The van der Waals surface area contributed by atoms with E-state index in [1.54, 1.807) is 19.3 Å². The second kappa shape index (κ2) is 3.89. The molecule has 0 aliphatic carbocycles. The summed E-state index contributed by atoms with van der Waals surface area (Å²) in [7, 11) is 1.68. The molecule has 1 amide bonds. The molecule has 0 radical (unpaired) electrons. The van der Waals surface area contributed by atoms with Crippen LogP contribution in [-0.4, -0.2) is 10.5 Å². The van der Waals surface area contributed by atoms with Crippen LogP contribution in [0.4, 0.5) is 0 Å². The van der Waals surface area contributed by atoms with E-state index < -0.39 is 0 Å². The third-order valence-corrected chi connectivity index (χ3v) is 1.69. The van der Waals surface area contributed by atoms with Gasteiger partial charge in [0.1, 0.15) is 0 Å². The minimum atomic E-state index is -0.0751. The van der Waals surface area contributed by atoms with E-state index in [0.29, 0.717) is 6.54 Å². The van der Waals surface area contributed by atoms with Crippen LogP contribution in [0.2, 0.25) is 0 Å². The zero-order valence-electron chi connectivity index (χ0n) is 7.70. The average molecular weight is 180 g/mol. The molecular weight excluding hydrogens is 168 g/mol. The largest absolute Gasteiger partial charge is 0.352 e. The van der Waals surface area contributed by atoms with Crippen molar-refractivity contribution >= 4 is 5.91 Å². The zero-order chi connectivity index (χ0) is 9.84. The van der Waals surface area contributed by atoms with E-state index in [1.165, 1.54) is 17.6 Å². The van der Waals surface area contributed by atoms with Gasteiger partial charge in [0.05, 0.1) is 0 Å². The SMILES string of the molecule is CC(=O)NCc1ccc(=O)n(C)c1. The van der Waals surface area contributed by atoms with Gasteiger partial charge in [-0.15, -0.1) is 0 Å². The molecule has 0 saturated carbocycles. The topological polar surface area (TPSA) is 51.1 Å². The van der Waals surface area contributed by atoms with E-state index in [4.69, 9.17) is 0 Å². The molecule has 0 aliphatic rings. The number of aromatic nitrogens is 1. The predicted molar refractivity (Wildman–Crippen MR) is 49.2 cm³/mol. The molecular formula is C9H12N2O2. The highest BCUT2D eigenvalue weighted by Crippen LogP contribution is 1.93. The first-order valence-electron chi connectivity index (χ1n) is 3.99. The number of carbonyl (C=O) groups is 1. The maximum absolute atomic E-state index is 11.0. The van der Waals surface area contributed by atoms with Crippen molar-refractivity contribution in [3.8, 4) is 0 Å². The summed E-state index contributed by atoms with van der Waals surface area (Å²) < 4.78 is 1.48. The van der Waals surface area contributed by atoms with Crippen molar-refractivity contribution in [1.29, 1.82) is 0 Å². The summed E-state index contributed by atoms with van der Waals surface area (Å²) in [5, 5.41) is 2.65. The smallest absolute Gasteiger partial charge is 0.250 e. The van der Waals surface area contributed by atoms with E-state index in [-0.39, 0.29) is 11.5 Å². The van der Waals surface area contributed by atoms with Gasteiger partial charge in [0.25, 0.3) is 0 Å². The normalized spacial score (nSPS) is 9.69. The summed E-state index contributed by atoms with van der Waals surface area (Å²) in [6, 6.07) is 3.19. The zero-order valence-corrected chi connectivity index (χ0v) is 7.70. The van der Waals surface area contributed by atoms with Crippen molar-refractivity contribution in [1.82, 2.24) is 9.88 Å². The van der Waals surface area contributed by atoms with Crippen LogP contribution in [0, 0.1) is 0 Å². The van der Waals surface area contributed by atoms with E-state index in [0.717, 1.165) is 5.56 Å². The number of amides is 1. The highest BCUT2D eigenvalue weighted by molar-refractivity contribution is 5.72. The van der Waals surface area contributed by atoms with Crippen LogP contribution in [0.15, 0.2) is 23.1 Å². The Balaban J connectivity index is 2.74. The molecule has 0 spiro atoms. The van der Waals surface area contributed by atoms with Gasteiger partial charge in [0.2, 0.25) is 11.5 Å². The van der Waals surface area contributed by atoms with Crippen LogP contribution < -0.4 is 10.9 Å². The first kappa shape index (κ1) is 9.51. The fourth-order valence-electron chi connectivity index (χ4n) is 0.982. The Morgan fingerprint density at radius 3 is 2.77 bits per heavy atom. The minimum Gasteiger partial charge on any atom is -0.352 e. The molecule has 0 unspecified atom stereocenters. The first-order valence-corrected chi connectivity index (χ1v) is 3.99. The lowest BCUT2D eigenvalue weighted by molar-refractivity contribution is -0.119. The molecule has 4 heteroatoms. The molecule has 1 rings (SSSR count). The minimum absolute atomic E-state index is 0.0495. The standard InChI is InChI=1S/C9H12N2O2/c1-7(12)10-5-8-3-4-9(13)11(2)6-8/h3-4,6H,5H2,1-2H3,(H,10,12). The fraction of sp³-hybridized carbons (Fsp3) is 0.333. The van der Waals surface area contributed by atoms with Crippen molar-refractivity contribution in [2.24, 2.45) is 7.05 Å². The van der Waals surface area contributed by atoms with E-state index in [2.05, 4.69) is 5.32 Å². The number of carbonyl (C=O) groups excluding carboxylic acids is 1. The Hall–Kier alpha value is -1.58. The number of hydrogen-bond acceptors (Lipinski definition) is 2. The van der Waals surface area contributed by atoms with Gasteiger partial charge in [-0.3, -0.25) is 9.59 Å². The van der Waals surface area contributed by atoms with Crippen molar-refractivity contribution in [2.45, 2.75) is 13.5 Å². The lowest BCUT2D eigenvalue weighted by atomic mass is 10.3. The predicted octanol–water partition coefficient (Wildman–Crippen LogP) is 0.0214. The summed E-state index contributed by atoms with van der Waals surface area (Å²) in [5.41, 5.74) is 0.865. The summed E-state index contributed by atoms with van der Waals surface area (Å²) in [6.07, 6.45) is 1.71. The van der Waals surface area contributed by atoms with Gasteiger partial charge in [-0.25, -0.2) is 0 Å². The van der Waals surface area contributed by atoms with Crippen LogP contribution in [0.25, 0.3) is 0 Å². The average Bonchev–Trinajstić information content (AvgIpc) is 2.07. The van der Waals surface area contributed by atoms with Crippen molar-refractivity contribution in [3.05, 3.63) is 34.2 Å². The molecule has 0 aromatic carbocycles. The van der Waals surface area contributed by atoms with Gasteiger partial charge in [0.15, 0.2) is 0 Å². The number of aryl methyl sites for hydroxylation is 1. The third-order valence-electron chi connectivity index (χ3n) is 1.69. The lowest BCUT2D eigenvalue weighted by Crippen LogP contribution is -2.21. The van der Waals surface area contributed by atoms with Gasteiger partial charge in [-0.1, -0.05) is 6.07 Å². The maximum Gasteiger partial charge on any atom is 0.250 e. The number of pyridine rings is 1. The second-order valence-electron chi connectivity index (χ2n) is 2.90. The van der Waals surface area contributed by atoms with Crippen LogP contribution >= 0.6 is 0 Å². The highest BCUT2D eigenvalue weighted by atomic mass is 16.1. The highest BCUT2D eigenvalue weighted by Gasteiger charge is 1.95. The second-order valence-corrected chi connectivity index (χ2v) is 2.90. The van der Waals surface area contributed by atoms with Gasteiger partial charge in [0, 0.05) is 32.8 Å². The number of nitrogens with one attached hydrogen (secondary N) is 1. The molecule has 70 valence electrons. The van der Waals surface area contributed by atoms with Crippen molar-refractivity contribution in [3.63, 3.8) is 0 Å². The fourth-order valence-corrected chi connectivity index (χ4v) is 0.982. The lowest BCUT2D eigenvalue weighted by Gasteiger charge is -2.03. The molecule has 0 saturated heterocycles. The van der Waals surface area contributed by atoms with E-state index >= 15 is 0 Å². The third kappa shape index (κ3) is 2.74. The Morgan fingerprint density at radius 2 is 2.23 bits per heavy atom. The van der Waals surface area contributed by atoms with E-state index in [9.17, 15) is 9.59 Å². The summed E-state index contributed by atoms with van der Waals surface area (Å²) in [4.78, 5) is 21.6. The number of rotatable bonds is 2. The van der Waals surface area contributed by atoms with Gasteiger partial charge >= 0.3 is 0 Å². The van der Waals surface area contributed by atoms with Crippen molar-refractivity contribution < 1.29 is 4.79 Å². The Bertz CT molecular complexity index is 368. The molecule has 0 bridgehead atoms. The Labute approximate surface area is 76.2 Å². The van der Waals surface area contributed by atoms with Crippen molar-refractivity contribution in [2.75, 3.05) is 0 Å². The molecule has 13 heavy (non-hydrogen) atoms. The van der Waals surface area contributed by atoms with Crippen LogP contribution in [0.1, 0.15) is 12.5 Å². The molecule has 1 heterocycles. The monoisotopic (exact) mass is 180 g/mol. The molecule has 1 aromatic heterocycles. The van der Waals surface area contributed by atoms with E-state index in [1.807, 2.05) is 0 Å². The molecule has 0 aliphatic heterocycles. The number of hydrogen-bond donors (Lipinski definition) is 1. The van der Waals surface area contributed by atoms with Crippen LogP contribution in [0.5, 0.6) is 0 Å². The molecule has 1 aromatic rings. The molecule has 1 N–H and O–H groups in total. The molecule has 0 atom stereocenters.